The van der Waals surface area contributed by atoms with E-state index in [9.17, 15) is 0 Å². The van der Waals surface area contributed by atoms with Gasteiger partial charge in [0.1, 0.15) is 4.49 Å². The summed E-state index contributed by atoms with van der Waals surface area (Å²) >= 11 is 11.1. The molecule has 0 amide bonds. The van der Waals surface area contributed by atoms with Gasteiger partial charge in [-0.25, -0.2) is 0 Å². The fraction of sp³-hybridized carbons (Fsp3) is 0.667. The quantitative estimate of drug-likeness (QED) is 0.624. The van der Waals surface area contributed by atoms with Crippen LogP contribution >= 0.6 is 23.2 Å². The highest BCUT2D eigenvalue weighted by molar-refractivity contribution is 6.55. The summed E-state index contributed by atoms with van der Waals surface area (Å²) in [5.41, 5.74) is 0.295. The third kappa shape index (κ3) is 1.73. The van der Waals surface area contributed by atoms with Gasteiger partial charge in [0.15, 0.2) is 0 Å². The van der Waals surface area contributed by atoms with E-state index in [2.05, 4.69) is 13.8 Å². The summed E-state index contributed by atoms with van der Waals surface area (Å²) in [4.78, 5) is 0. The van der Waals surface area contributed by atoms with Crippen LogP contribution in [0.1, 0.15) is 20.3 Å². The zero-order valence-electron chi connectivity index (χ0n) is 6.77. The molecule has 1 aliphatic carbocycles. The van der Waals surface area contributed by atoms with E-state index in [-0.39, 0.29) is 0 Å². The first-order valence-corrected chi connectivity index (χ1v) is 4.48. The topological polar surface area (TPSA) is 0 Å². The fourth-order valence-electron chi connectivity index (χ4n) is 1.70. The van der Waals surface area contributed by atoms with Gasteiger partial charge in [0.2, 0.25) is 0 Å². The Morgan fingerprint density at radius 3 is 2.36 bits per heavy atom. The first kappa shape index (κ1) is 9.41. The van der Waals surface area contributed by atoms with E-state index in [0.717, 1.165) is 6.42 Å². The summed E-state index contributed by atoms with van der Waals surface area (Å²) in [5, 5.41) is 0. The molecule has 1 aliphatic rings. The van der Waals surface area contributed by atoms with E-state index in [0.29, 0.717) is 21.7 Å². The van der Waals surface area contributed by atoms with Crippen molar-refractivity contribution < 1.29 is 0 Å². The molecule has 1 fully saturated rings. The maximum atomic E-state index is 5.56. The van der Waals surface area contributed by atoms with Crippen molar-refractivity contribution in [2.75, 3.05) is 0 Å². The van der Waals surface area contributed by atoms with Crippen LogP contribution in [-0.2, 0) is 0 Å². The second-order valence-corrected chi connectivity index (χ2v) is 4.65. The zero-order chi connectivity index (χ0) is 8.65. The average Bonchev–Trinajstić information content (AvgIpc) is 2.33. The van der Waals surface area contributed by atoms with Crippen molar-refractivity contribution in [3.05, 3.63) is 17.5 Å². The van der Waals surface area contributed by atoms with E-state index in [1.807, 2.05) is 6.08 Å². The SMILES string of the molecule is [CH]CC1C(C=C(Cl)Cl)C1(C)C. The number of rotatable bonds is 2. The molecule has 1 rings (SSSR count). The van der Waals surface area contributed by atoms with E-state index in [1.165, 1.54) is 0 Å². The van der Waals surface area contributed by atoms with Crippen molar-refractivity contribution in [3.8, 4) is 0 Å². The first-order valence-electron chi connectivity index (χ1n) is 3.73. The molecule has 0 nitrogen and oxygen atoms in total. The van der Waals surface area contributed by atoms with Gasteiger partial charge in [-0.05, 0) is 30.6 Å². The van der Waals surface area contributed by atoms with Crippen LogP contribution in [-0.4, -0.2) is 0 Å². The fourth-order valence-corrected chi connectivity index (χ4v) is 1.97. The summed E-state index contributed by atoms with van der Waals surface area (Å²) in [7, 11) is 0. The molecule has 2 unspecified atom stereocenters. The number of hydrogen-bond acceptors (Lipinski definition) is 0. The molecular weight excluding hydrogens is 179 g/mol. The normalized spacial score (nSPS) is 33.2. The van der Waals surface area contributed by atoms with Gasteiger partial charge >= 0.3 is 0 Å². The van der Waals surface area contributed by atoms with Crippen molar-refractivity contribution in [2.24, 2.45) is 17.3 Å². The minimum Gasteiger partial charge on any atom is -0.0712 e. The molecule has 0 heterocycles. The second kappa shape index (κ2) is 2.99. The predicted octanol–water partition coefficient (Wildman–Crippen LogP) is 3.68. The Balaban J connectivity index is 2.59. The summed E-state index contributed by atoms with van der Waals surface area (Å²) in [5.74, 6) is 1.02. The Bertz CT molecular complexity index is 178. The number of halogens is 2. The van der Waals surface area contributed by atoms with Crippen LogP contribution < -0.4 is 0 Å². The highest BCUT2D eigenvalue weighted by atomic mass is 35.5. The Morgan fingerprint density at radius 1 is 1.55 bits per heavy atom. The Morgan fingerprint density at radius 2 is 2.09 bits per heavy atom. The number of allylic oxidation sites excluding steroid dienone is 1. The molecule has 0 aromatic heterocycles. The van der Waals surface area contributed by atoms with Crippen molar-refractivity contribution in [3.63, 3.8) is 0 Å². The van der Waals surface area contributed by atoms with Crippen LogP contribution in [0.3, 0.4) is 0 Å². The molecule has 0 N–H and O–H groups in total. The number of hydrogen-bond donors (Lipinski definition) is 0. The lowest BCUT2D eigenvalue weighted by molar-refractivity contribution is 0.553. The molecule has 0 spiro atoms. The van der Waals surface area contributed by atoms with Crippen LogP contribution in [0.5, 0.6) is 0 Å². The maximum Gasteiger partial charge on any atom is 0.103 e. The third-order valence-corrected chi connectivity index (χ3v) is 2.95. The lowest BCUT2D eigenvalue weighted by atomic mass is 10.1. The van der Waals surface area contributed by atoms with E-state index in [1.54, 1.807) is 0 Å². The van der Waals surface area contributed by atoms with Crippen LogP contribution in [0.2, 0.25) is 0 Å². The summed E-state index contributed by atoms with van der Waals surface area (Å²) < 4.78 is 0.360. The van der Waals surface area contributed by atoms with Gasteiger partial charge in [-0.2, -0.15) is 0 Å². The summed E-state index contributed by atoms with van der Waals surface area (Å²) in [6.45, 7) is 9.93. The van der Waals surface area contributed by atoms with Gasteiger partial charge < -0.3 is 0 Å². The molecule has 0 aromatic carbocycles. The zero-order valence-corrected chi connectivity index (χ0v) is 8.28. The molecule has 0 aliphatic heterocycles. The van der Waals surface area contributed by atoms with Crippen molar-refractivity contribution >= 4 is 23.2 Å². The highest BCUT2D eigenvalue weighted by Gasteiger charge is 2.54. The molecule has 11 heavy (non-hydrogen) atoms. The van der Waals surface area contributed by atoms with Crippen molar-refractivity contribution in [2.45, 2.75) is 20.3 Å². The van der Waals surface area contributed by atoms with Gasteiger partial charge in [-0.15, -0.1) is 0 Å². The largest absolute Gasteiger partial charge is 0.103 e. The minimum atomic E-state index is 0.295. The van der Waals surface area contributed by atoms with Gasteiger partial charge in [0, 0.05) is 0 Å². The second-order valence-electron chi connectivity index (χ2n) is 3.65. The lowest BCUT2D eigenvalue weighted by Crippen LogP contribution is -1.88. The van der Waals surface area contributed by atoms with Gasteiger partial charge in [-0.3, -0.25) is 0 Å². The average molecular weight is 191 g/mol. The lowest BCUT2D eigenvalue weighted by Gasteiger charge is -1.97. The molecule has 1 saturated carbocycles. The molecule has 2 radical (unpaired) electrons. The molecule has 2 atom stereocenters. The van der Waals surface area contributed by atoms with Crippen LogP contribution in [0.25, 0.3) is 0 Å². The van der Waals surface area contributed by atoms with Crippen LogP contribution in [0.4, 0.5) is 0 Å². The Labute approximate surface area is 78.6 Å². The van der Waals surface area contributed by atoms with Gasteiger partial charge in [-0.1, -0.05) is 43.1 Å². The highest BCUT2D eigenvalue weighted by Crippen LogP contribution is 2.61. The van der Waals surface area contributed by atoms with Gasteiger partial charge in [0.25, 0.3) is 0 Å². The molecular formula is C9H12Cl2. The Kier molecular flexibility index (Phi) is 2.56. The van der Waals surface area contributed by atoms with Crippen molar-refractivity contribution in [1.29, 1.82) is 0 Å². The molecule has 62 valence electrons. The molecule has 0 bridgehead atoms. The Hall–Kier alpha value is 0.320. The molecule has 0 saturated heterocycles. The smallest absolute Gasteiger partial charge is 0.0712 e. The summed E-state index contributed by atoms with van der Waals surface area (Å²) in [6, 6.07) is 0. The first-order chi connectivity index (χ1) is 5.00. The van der Waals surface area contributed by atoms with Crippen LogP contribution in [0.15, 0.2) is 10.6 Å². The summed E-state index contributed by atoms with van der Waals surface area (Å²) in [6.07, 6.45) is 2.61. The van der Waals surface area contributed by atoms with Gasteiger partial charge in [0.05, 0.1) is 0 Å². The van der Waals surface area contributed by atoms with Crippen LogP contribution in [0, 0.1) is 24.2 Å². The third-order valence-electron chi connectivity index (χ3n) is 2.70. The van der Waals surface area contributed by atoms with E-state index in [4.69, 9.17) is 30.1 Å². The standard InChI is InChI=1S/C9H12Cl2/c1-4-6-7(5-8(10)11)9(6,2)3/h1,5-7H,4H2,2-3H3. The minimum absolute atomic E-state index is 0.295. The predicted molar refractivity (Wildman–Crippen MR) is 49.5 cm³/mol. The van der Waals surface area contributed by atoms with Crippen molar-refractivity contribution in [1.82, 2.24) is 0 Å². The maximum absolute atomic E-state index is 5.56. The monoisotopic (exact) mass is 190 g/mol. The van der Waals surface area contributed by atoms with E-state index < -0.39 is 0 Å². The molecule has 0 aromatic rings. The molecule has 2 heteroatoms. The van der Waals surface area contributed by atoms with E-state index >= 15 is 0 Å².